The molecule has 0 unspecified atom stereocenters. The Morgan fingerprint density at radius 3 is 2.44 bits per heavy atom. The molecular formula is C30H28N2O4. The van der Waals surface area contributed by atoms with E-state index in [0.29, 0.717) is 24.7 Å². The summed E-state index contributed by atoms with van der Waals surface area (Å²) in [6, 6.07) is 20.4. The lowest BCUT2D eigenvalue weighted by molar-refractivity contribution is -0.138. The van der Waals surface area contributed by atoms with E-state index in [9.17, 15) is 4.79 Å². The second kappa shape index (κ2) is 9.82. The summed E-state index contributed by atoms with van der Waals surface area (Å²) in [6.07, 6.45) is 4.10. The molecule has 1 saturated carbocycles. The Kier molecular flexibility index (Phi) is 6.42. The first kappa shape index (κ1) is 23.5. The van der Waals surface area contributed by atoms with Gasteiger partial charge in [0.05, 0.1) is 19.2 Å². The fraction of sp³-hybridized carbons (Fsp3) is 0.233. The molecule has 6 nitrogen and oxygen atoms in total. The highest BCUT2D eigenvalue weighted by Gasteiger charge is 2.45. The molecule has 2 aromatic carbocycles. The van der Waals surface area contributed by atoms with Gasteiger partial charge in [-0.25, -0.2) is 4.98 Å². The van der Waals surface area contributed by atoms with Crippen molar-refractivity contribution < 1.29 is 19.4 Å². The van der Waals surface area contributed by atoms with Crippen molar-refractivity contribution in [1.29, 1.82) is 0 Å². The maximum Gasteiger partial charge on any atom is 0.307 e. The van der Waals surface area contributed by atoms with Gasteiger partial charge in [-0.05, 0) is 83.5 Å². The van der Waals surface area contributed by atoms with E-state index >= 15 is 0 Å². The Labute approximate surface area is 210 Å². The maximum absolute atomic E-state index is 11.1. The first-order chi connectivity index (χ1) is 17.4. The molecule has 0 aliphatic heterocycles. The van der Waals surface area contributed by atoms with Crippen LogP contribution in [0.4, 0.5) is 0 Å². The highest BCUT2D eigenvalue weighted by atomic mass is 16.5. The minimum Gasteiger partial charge on any atom is -0.487 e. The smallest absolute Gasteiger partial charge is 0.307 e. The Morgan fingerprint density at radius 2 is 1.78 bits per heavy atom. The minimum absolute atomic E-state index is 0.0201. The number of methoxy groups -OCH3 is 1. The molecule has 36 heavy (non-hydrogen) atoms. The third-order valence-corrected chi connectivity index (χ3v) is 6.68. The summed E-state index contributed by atoms with van der Waals surface area (Å²) in [7, 11) is 1.62. The van der Waals surface area contributed by atoms with Crippen LogP contribution >= 0.6 is 0 Å². The standard InChI is InChI=1S/C30H28N2O4/c1-18-11-23(21-9-10-31-28(14-21)35-3)12-19(2)29(18)22-6-4-5-20(13-22)17-36-24-7-8-27(32-16-24)25-15-26(25)30(33)34/h4-14,16,25-26H,15,17H2,1-3H3,(H,33,34)/t25-,26-/m0/s1. The van der Waals surface area contributed by atoms with Gasteiger partial charge in [0.2, 0.25) is 5.88 Å². The second-order valence-corrected chi connectivity index (χ2v) is 9.27. The number of carboxylic acids is 1. The quantitative estimate of drug-likeness (QED) is 0.323. The molecule has 0 spiro atoms. The zero-order valence-electron chi connectivity index (χ0n) is 20.6. The summed E-state index contributed by atoms with van der Waals surface area (Å²) in [6.45, 7) is 4.69. The first-order valence-electron chi connectivity index (χ1n) is 12.0. The van der Waals surface area contributed by atoms with Gasteiger partial charge in [-0.2, -0.15) is 0 Å². The van der Waals surface area contributed by atoms with Crippen molar-refractivity contribution >= 4 is 5.97 Å². The van der Waals surface area contributed by atoms with E-state index in [4.69, 9.17) is 14.6 Å². The number of rotatable bonds is 8. The van der Waals surface area contributed by atoms with Crippen molar-refractivity contribution in [3.63, 3.8) is 0 Å². The van der Waals surface area contributed by atoms with E-state index in [1.54, 1.807) is 19.5 Å². The second-order valence-electron chi connectivity index (χ2n) is 9.27. The number of nitrogens with zero attached hydrogens (tertiary/aromatic N) is 2. The lowest BCUT2D eigenvalue weighted by atomic mass is 9.91. The van der Waals surface area contributed by atoms with Gasteiger partial charge in [0.15, 0.2) is 0 Å². The number of hydrogen-bond donors (Lipinski definition) is 1. The third kappa shape index (κ3) is 4.93. The van der Waals surface area contributed by atoms with E-state index in [0.717, 1.165) is 27.9 Å². The van der Waals surface area contributed by atoms with Gasteiger partial charge in [0.1, 0.15) is 12.4 Å². The summed E-state index contributed by atoms with van der Waals surface area (Å²) in [5, 5.41) is 9.11. The number of hydrogen-bond acceptors (Lipinski definition) is 5. The number of ether oxygens (including phenoxy) is 2. The monoisotopic (exact) mass is 480 g/mol. The zero-order chi connectivity index (χ0) is 25.2. The van der Waals surface area contributed by atoms with Crippen LogP contribution in [-0.2, 0) is 11.4 Å². The Bertz CT molecular complexity index is 1390. The molecule has 0 radical (unpaired) electrons. The summed E-state index contributed by atoms with van der Waals surface area (Å²) in [5.74, 6) is 0.231. The van der Waals surface area contributed by atoms with Crippen molar-refractivity contribution in [3.8, 4) is 33.9 Å². The molecule has 0 saturated heterocycles. The van der Waals surface area contributed by atoms with Crippen molar-refractivity contribution in [2.75, 3.05) is 7.11 Å². The van der Waals surface area contributed by atoms with E-state index in [2.05, 4.69) is 60.2 Å². The molecule has 0 bridgehead atoms. The predicted molar refractivity (Wildman–Crippen MR) is 138 cm³/mol. The van der Waals surface area contributed by atoms with Crippen molar-refractivity contribution in [2.24, 2.45) is 5.92 Å². The largest absolute Gasteiger partial charge is 0.487 e. The fourth-order valence-corrected chi connectivity index (χ4v) is 4.76. The van der Waals surface area contributed by atoms with Crippen LogP contribution in [0.15, 0.2) is 73.1 Å². The number of benzene rings is 2. The Hall–Kier alpha value is -4.19. The average molecular weight is 481 g/mol. The number of aliphatic carboxylic acids is 1. The van der Waals surface area contributed by atoms with Crippen LogP contribution in [-0.4, -0.2) is 28.2 Å². The molecule has 6 heteroatoms. The van der Waals surface area contributed by atoms with Crippen molar-refractivity contribution in [1.82, 2.24) is 9.97 Å². The molecule has 2 aromatic heterocycles. The van der Waals surface area contributed by atoms with E-state index < -0.39 is 5.97 Å². The summed E-state index contributed by atoms with van der Waals surface area (Å²) < 4.78 is 11.3. The van der Waals surface area contributed by atoms with Gasteiger partial charge in [-0.15, -0.1) is 0 Å². The molecule has 1 N–H and O–H groups in total. The maximum atomic E-state index is 11.1. The van der Waals surface area contributed by atoms with Gasteiger partial charge in [-0.1, -0.05) is 30.3 Å². The van der Waals surface area contributed by atoms with Crippen LogP contribution in [0.2, 0.25) is 0 Å². The lowest BCUT2D eigenvalue weighted by Crippen LogP contribution is -2.00. The normalized spacial score (nSPS) is 16.4. The molecule has 2 atom stereocenters. The van der Waals surface area contributed by atoms with E-state index in [1.165, 1.54) is 16.7 Å². The van der Waals surface area contributed by atoms with Crippen LogP contribution in [0, 0.1) is 19.8 Å². The molecular weight excluding hydrogens is 452 g/mol. The molecule has 1 fully saturated rings. The topological polar surface area (TPSA) is 81.5 Å². The molecule has 2 heterocycles. The van der Waals surface area contributed by atoms with Crippen LogP contribution < -0.4 is 9.47 Å². The van der Waals surface area contributed by atoms with E-state index in [-0.39, 0.29) is 11.8 Å². The van der Waals surface area contributed by atoms with Crippen LogP contribution in [0.3, 0.4) is 0 Å². The number of carbonyl (C=O) groups is 1. The van der Waals surface area contributed by atoms with Gasteiger partial charge >= 0.3 is 5.97 Å². The summed E-state index contributed by atoms with van der Waals surface area (Å²) in [4.78, 5) is 19.7. The van der Waals surface area contributed by atoms with Gasteiger partial charge in [-0.3, -0.25) is 9.78 Å². The lowest BCUT2D eigenvalue weighted by Gasteiger charge is -2.15. The van der Waals surface area contributed by atoms with Gasteiger partial charge in [0.25, 0.3) is 0 Å². The third-order valence-electron chi connectivity index (χ3n) is 6.68. The highest BCUT2D eigenvalue weighted by molar-refractivity contribution is 5.77. The molecule has 4 aromatic rings. The molecule has 0 amide bonds. The fourth-order valence-electron chi connectivity index (χ4n) is 4.76. The van der Waals surface area contributed by atoms with Gasteiger partial charge in [0, 0.05) is 23.9 Å². The Morgan fingerprint density at radius 1 is 0.972 bits per heavy atom. The van der Waals surface area contributed by atoms with E-state index in [1.807, 2.05) is 24.3 Å². The minimum atomic E-state index is -0.750. The first-order valence-corrected chi connectivity index (χ1v) is 12.0. The van der Waals surface area contributed by atoms with Crippen LogP contribution in [0.1, 0.15) is 34.7 Å². The molecule has 5 rings (SSSR count). The average Bonchev–Trinajstić information content (AvgIpc) is 3.69. The summed E-state index contributed by atoms with van der Waals surface area (Å²) in [5.41, 5.74) is 8.82. The SMILES string of the molecule is COc1cc(-c2cc(C)c(-c3cccc(COc4ccc([C@H]5C[C@@H]5C(=O)O)nc4)c3)c(C)c2)ccn1. The van der Waals surface area contributed by atoms with Crippen LogP contribution in [0.25, 0.3) is 22.3 Å². The van der Waals surface area contributed by atoms with Crippen molar-refractivity contribution in [3.05, 3.63) is 95.4 Å². The molecule has 182 valence electrons. The molecule has 1 aliphatic carbocycles. The number of aryl methyl sites for hydroxylation is 2. The zero-order valence-corrected chi connectivity index (χ0v) is 20.6. The Balaban J connectivity index is 1.31. The number of carboxylic acid groups (broad SMARTS) is 1. The highest BCUT2D eigenvalue weighted by Crippen LogP contribution is 2.46. The number of aromatic nitrogens is 2. The number of pyridine rings is 2. The molecule has 1 aliphatic rings. The predicted octanol–water partition coefficient (Wildman–Crippen LogP) is 6.20. The van der Waals surface area contributed by atoms with Crippen LogP contribution in [0.5, 0.6) is 11.6 Å². The summed E-state index contributed by atoms with van der Waals surface area (Å²) >= 11 is 0. The van der Waals surface area contributed by atoms with Crippen molar-refractivity contribution in [2.45, 2.75) is 32.8 Å². The van der Waals surface area contributed by atoms with Gasteiger partial charge < -0.3 is 14.6 Å².